The molecule has 1 aromatic carbocycles. The predicted molar refractivity (Wildman–Crippen MR) is 68.9 cm³/mol. The van der Waals surface area contributed by atoms with E-state index in [4.69, 9.17) is 4.74 Å². The van der Waals surface area contributed by atoms with E-state index >= 15 is 0 Å². The SMILES string of the molecule is COC(=O)C(C)(C)CN1C(=O)C(=O)c2ccccc21. The Kier molecular flexibility index (Phi) is 3.14. The zero-order valence-corrected chi connectivity index (χ0v) is 11.1. The number of carbonyl (C=O) groups excluding carboxylic acids is 3. The maximum absolute atomic E-state index is 12.0. The Morgan fingerprint density at radius 2 is 1.89 bits per heavy atom. The van der Waals surface area contributed by atoms with Crippen LogP contribution in [0.3, 0.4) is 0 Å². The molecule has 0 aromatic heterocycles. The molecule has 1 aromatic rings. The van der Waals surface area contributed by atoms with Crippen molar-refractivity contribution in [2.24, 2.45) is 5.41 Å². The molecule has 0 spiro atoms. The fourth-order valence-electron chi connectivity index (χ4n) is 2.14. The standard InChI is InChI=1S/C14H15NO4/c1-14(2,13(18)19-3)8-15-10-7-5-4-6-9(10)11(16)12(15)17/h4-7H,8H2,1-3H3. The molecule has 5 nitrogen and oxygen atoms in total. The summed E-state index contributed by atoms with van der Waals surface area (Å²) in [7, 11) is 1.30. The molecule has 0 radical (unpaired) electrons. The monoisotopic (exact) mass is 261 g/mol. The topological polar surface area (TPSA) is 63.7 Å². The largest absolute Gasteiger partial charge is 0.469 e. The quantitative estimate of drug-likeness (QED) is 0.609. The molecule has 1 amide bonds. The molecule has 5 heteroatoms. The molecule has 0 N–H and O–H groups in total. The van der Waals surface area contributed by atoms with E-state index in [9.17, 15) is 14.4 Å². The van der Waals surface area contributed by atoms with Gasteiger partial charge in [0.25, 0.3) is 11.7 Å². The Hall–Kier alpha value is -2.17. The van der Waals surface area contributed by atoms with Crippen LogP contribution in [0.5, 0.6) is 0 Å². The van der Waals surface area contributed by atoms with E-state index in [-0.39, 0.29) is 6.54 Å². The number of ketones is 1. The van der Waals surface area contributed by atoms with Gasteiger partial charge in [-0.3, -0.25) is 14.4 Å². The second-order valence-electron chi connectivity index (χ2n) is 5.11. The molecule has 1 aliphatic heterocycles. The van der Waals surface area contributed by atoms with Crippen LogP contribution in [0, 0.1) is 5.41 Å². The van der Waals surface area contributed by atoms with Gasteiger partial charge in [0.2, 0.25) is 0 Å². The van der Waals surface area contributed by atoms with Gasteiger partial charge in [-0.1, -0.05) is 12.1 Å². The van der Waals surface area contributed by atoms with E-state index in [1.165, 1.54) is 12.0 Å². The van der Waals surface area contributed by atoms with Gasteiger partial charge in [0.15, 0.2) is 0 Å². The average Bonchev–Trinajstić information content (AvgIpc) is 2.63. The molecule has 0 atom stereocenters. The van der Waals surface area contributed by atoms with Crippen LogP contribution >= 0.6 is 0 Å². The average molecular weight is 261 g/mol. The van der Waals surface area contributed by atoms with Gasteiger partial charge in [0.1, 0.15) is 0 Å². The van der Waals surface area contributed by atoms with Crippen molar-refractivity contribution < 1.29 is 19.1 Å². The minimum Gasteiger partial charge on any atom is -0.469 e. The number of methoxy groups -OCH3 is 1. The van der Waals surface area contributed by atoms with Gasteiger partial charge >= 0.3 is 5.97 Å². The van der Waals surface area contributed by atoms with E-state index in [2.05, 4.69) is 0 Å². The number of ether oxygens (including phenoxy) is 1. The van der Waals surface area contributed by atoms with Crippen molar-refractivity contribution in [2.45, 2.75) is 13.8 Å². The summed E-state index contributed by atoms with van der Waals surface area (Å²) < 4.78 is 4.71. The summed E-state index contributed by atoms with van der Waals surface area (Å²) in [4.78, 5) is 36.8. The second-order valence-corrected chi connectivity index (χ2v) is 5.11. The molecule has 0 fully saturated rings. The first-order valence-electron chi connectivity index (χ1n) is 5.92. The molecule has 0 saturated heterocycles. The molecule has 0 bridgehead atoms. The number of nitrogens with zero attached hydrogens (tertiary/aromatic N) is 1. The van der Waals surface area contributed by atoms with Crippen molar-refractivity contribution in [3.8, 4) is 0 Å². The van der Waals surface area contributed by atoms with Crippen LogP contribution in [-0.4, -0.2) is 31.3 Å². The molecule has 0 aliphatic carbocycles. The number of para-hydroxylation sites is 1. The first-order chi connectivity index (χ1) is 8.88. The minimum absolute atomic E-state index is 0.112. The third-order valence-corrected chi connectivity index (χ3v) is 3.17. The Morgan fingerprint density at radius 3 is 2.53 bits per heavy atom. The van der Waals surface area contributed by atoms with Crippen molar-refractivity contribution in [3.63, 3.8) is 0 Å². The zero-order valence-electron chi connectivity index (χ0n) is 11.1. The van der Waals surface area contributed by atoms with Gasteiger partial charge in [0, 0.05) is 6.54 Å². The first kappa shape index (κ1) is 13.3. The molecule has 0 saturated carbocycles. The third kappa shape index (κ3) is 2.12. The fourth-order valence-corrected chi connectivity index (χ4v) is 2.14. The molecule has 100 valence electrons. The lowest BCUT2D eigenvalue weighted by molar-refractivity contribution is -0.150. The molecule has 0 unspecified atom stereocenters. The summed E-state index contributed by atoms with van der Waals surface area (Å²) in [5, 5.41) is 0. The first-order valence-corrected chi connectivity index (χ1v) is 5.92. The van der Waals surface area contributed by atoms with Gasteiger partial charge in [-0.05, 0) is 26.0 Å². The van der Waals surface area contributed by atoms with Crippen LogP contribution in [0.2, 0.25) is 0 Å². The summed E-state index contributed by atoms with van der Waals surface area (Å²) in [6.07, 6.45) is 0. The lowest BCUT2D eigenvalue weighted by Crippen LogP contribution is -2.42. The predicted octanol–water partition coefficient (Wildman–Crippen LogP) is 1.42. The van der Waals surface area contributed by atoms with E-state index < -0.39 is 23.1 Å². The van der Waals surface area contributed by atoms with Gasteiger partial charge in [-0.2, -0.15) is 0 Å². The summed E-state index contributed by atoms with van der Waals surface area (Å²) >= 11 is 0. The highest BCUT2D eigenvalue weighted by Crippen LogP contribution is 2.32. The Labute approximate surface area is 111 Å². The molecular weight excluding hydrogens is 246 g/mol. The molecular formula is C14H15NO4. The maximum Gasteiger partial charge on any atom is 0.313 e. The van der Waals surface area contributed by atoms with Gasteiger partial charge in [-0.15, -0.1) is 0 Å². The normalized spacial score (nSPS) is 14.6. The zero-order chi connectivity index (χ0) is 14.2. The fraction of sp³-hybridized carbons (Fsp3) is 0.357. The van der Waals surface area contributed by atoms with Gasteiger partial charge < -0.3 is 9.64 Å². The summed E-state index contributed by atoms with van der Waals surface area (Å²) in [6.45, 7) is 3.47. The van der Waals surface area contributed by atoms with Crippen LogP contribution in [0.1, 0.15) is 24.2 Å². The van der Waals surface area contributed by atoms with Gasteiger partial charge in [-0.25, -0.2) is 0 Å². The van der Waals surface area contributed by atoms with Crippen LogP contribution < -0.4 is 4.90 Å². The Bertz CT molecular complexity index is 562. The summed E-state index contributed by atoms with van der Waals surface area (Å²) in [6, 6.07) is 6.77. The van der Waals surface area contributed by atoms with Crippen molar-refractivity contribution in [3.05, 3.63) is 29.8 Å². The number of rotatable bonds is 3. The van der Waals surface area contributed by atoms with Crippen LogP contribution in [-0.2, 0) is 14.3 Å². The summed E-state index contributed by atoms with van der Waals surface area (Å²) in [5.74, 6) is -1.55. The van der Waals surface area contributed by atoms with E-state index in [1.807, 2.05) is 0 Å². The number of fused-ring (bicyclic) bond motifs is 1. The number of Topliss-reactive ketones (excluding diaryl/α,β-unsaturated/α-hetero) is 1. The number of benzene rings is 1. The number of hydrogen-bond donors (Lipinski definition) is 0. The van der Waals surface area contributed by atoms with Gasteiger partial charge in [0.05, 0.1) is 23.8 Å². The Balaban J connectivity index is 2.34. The van der Waals surface area contributed by atoms with E-state index in [0.717, 1.165) is 0 Å². The lowest BCUT2D eigenvalue weighted by atomic mass is 9.93. The van der Waals surface area contributed by atoms with E-state index in [1.54, 1.807) is 38.1 Å². The second kappa shape index (κ2) is 4.50. The number of esters is 1. The summed E-state index contributed by atoms with van der Waals surface area (Å²) in [5.41, 5.74) is 0.0601. The highest BCUT2D eigenvalue weighted by molar-refractivity contribution is 6.52. The van der Waals surface area contributed by atoms with Crippen LogP contribution in [0.15, 0.2) is 24.3 Å². The molecule has 2 rings (SSSR count). The number of carbonyl (C=O) groups is 3. The molecule has 1 aliphatic rings. The van der Waals surface area contributed by atoms with Crippen LogP contribution in [0.25, 0.3) is 0 Å². The van der Waals surface area contributed by atoms with E-state index in [0.29, 0.717) is 11.3 Å². The van der Waals surface area contributed by atoms with Crippen molar-refractivity contribution in [1.29, 1.82) is 0 Å². The molecule has 19 heavy (non-hydrogen) atoms. The maximum atomic E-state index is 12.0. The number of amides is 1. The number of anilines is 1. The number of hydrogen-bond acceptors (Lipinski definition) is 4. The van der Waals surface area contributed by atoms with Crippen LogP contribution in [0.4, 0.5) is 5.69 Å². The molecule has 1 heterocycles. The highest BCUT2D eigenvalue weighted by Gasteiger charge is 2.41. The minimum atomic E-state index is -0.873. The van der Waals surface area contributed by atoms with Crippen molar-refractivity contribution >= 4 is 23.3 Å². The smallest absolute Gasteiger partial charge is 0.313 e. The van der Waals surface area contributed by atoms with Crippen molar-refractivity contribution in [2.75, 3.05) is 18.6 Å². The highest BCUT2D eigenvalue weighted by atomic mass is 16.5. The lowest BCUT2D eigenvalue weighted by Gasteiger charge is -2.27. The van der Waals surface area contributed by atoms with Crippen molar-refractivity contribution in [1.82, 2.24) is 0 Å². The Morgan fingerprint density at radius 1 is 1.26 bits per heavy atom. The third-order valence-electron chi connectivity index (χ3n) is 3.17.